The number of amides is 1. The number of hydrogen-bond donors (Lipinski definition) is 0. The molecule has 0 saturated carbocycles. The van der Waals surface area contributed by atoms with E-state index in [4.69, 9.17) is 4.98 Å². The molecule has 1 aromatic heterocycles. The van der Waals surface area contributed by atoms with Gasteiger partial charge in [-0.05, 0) is 74.7 Å². The lowest BCUT2D eigenvalue weighted by molar-refractivity contribution is 0.0983. The molecule has 30 heavy (non-hydrogen) atoms. The lowest BCUT2D eigenvalue weighted by Gasteiger charge is -2.24. The Labute approximate surface area is 194 Å². The molecule has 0 spiro atoms. The Kier molecular flexibility index (Phi) is 9.16. The van der Waals surface area contributed by atoms with Crippen molar-refractivity contribution in [3.8, 4) is 0 Å². The number of hydrogen-bond acceptors (Lipinski definition) is 5. The van der Waals surface area contributed by atoms with E-state index in [9.17, 15) is 4.79 Å². The van der Waals surface area contributed by atoms with Crippen molar-refractivity contribution in [1.29, 1.82) is 0 Å². The molecule has 0 radical (unpaired) electrons. The van der Waals surface area contributed by atoms with Gasteiger partial charge in [-0.2, -0.15) is 0 Å². The topological polar surface area (TPSA) is 36.4 Å². The highest BCUT2D eigenvalue weighted by molar-refractivity contribution is 7.98. The van der Waals surface area contributed by atoms with E-state index < -0.39 is 0 Å². The molecule has 0 bridgehead atoms. The number of rotatable bonds is 8. The van der Waals surface area contributed by atoms with Crippen LogP contribution in [0.4, 0.5) is 5.13 Å². The highest BCUT2D eigenvalue weighted by atomic mass is 35.5. The Morgan fingerprint density at radius 3 is 2.33 bits per heavy atom. The van der Waals surface area contributed by atoms with Gasteiger partial charge in [0.25, 0.3) is 5.91 Å². The first kappa shape index (κ1) is 24.7. The van der Waals surface area contributed by atoms with Gasteiger partial charge < -0.3 is 4.90 Å². The molecule has 0 saturated heterocycles. The molecule has 0 N–H and O–H groups in total. The fourth-order valence-electron chi connectivity index (χ4n) is 3.44. The van der Waals surface area contributed by atoms with E-state index in [-0.39, 0.29) is 18.3 Å². The summed E-state index contributed by atoms with van der Waals surface area (Å²) in [7, 11) is 0. The molecule has 0 atom stereocenters. The van der Waals surface area contributed by atoms with Gasteiger partial charge in [0.05, 0.1) is 10.2 Å². The summed E-state index contributed by atoms with van der Waals surface area (Å²) in [5.74, 6) is 0.0123. The van der Waals surface area contributed by atoms with Crippen LogP contribution < -0.4 is 4.90 Å². The maximum Gasteiger partial charge on any atom is 0.260 e. The smallest absolute Gasteiger partial charge is 0.260 e. The minimum absolute atomic E-state index is 0. The second kappa shape index (κ2) is 11.1. The molecule has 1 amide bonds. The van der Waals surface area contributed by atoms with Crippen molar-refractivity contribution in [2.24, 2.45) is 0 Å². The molecular weight excluding hydrogens is 434 g/mol. The molecule has 0 aliphatic rings. The number of carbonyl (C=O) groups excluding carboxylic acids is 1. The van der Waals surface area contributed by atoms with Crippen molar-refractivity contribution in [2.75, 3.05) is 37.3 Å². The number of thioether (sulfide) groups is 1. The van der Waals surface area contributed by atoms with E-state index in [1.165, 1.54) is 11.1 Å². The predicted octanol–water partition coefficient (Wildman–Crippen LogP) is 6.05. The van der Waals surface area contributed by atoms with Gasteiger partial charge in [0.2, 0.25) is 0 Å². The number of anilines is 1. The van der Waals surface area contributed by atoms with Crippen LogP contribution in [0.5, 0.6) is 0 Å². The highest BCUT2D eigenvalue weighted by Crippen LogP contribution is 2.33. The summed E-state index contributed by atoms with van der Waals surface area (Å²) >= 11 is 3.29. The Balaban J connectivity index is 0.00000320. The Bertz CT molecular complexity index is 984. The molecule has 1 heterocycles. The SMILES string of the molecule is CCN(CC)CCN(C(=O)c1ccc(SC)cc1)c1nc2cc(C)cc(C)c2s1.Cl. The van der Waals surface area contributed by atoms with Crippen molar-refractivity contribution in [3.05, 3.63) is 53.1 Å². The molecule has 0 unspecified atom stereocenters. The summed E-state index contributed by atoms with van der Waals surface area (Å²) < 4.78 is 1.16. The maximum atomic E-state index is 13.4. The number of halogens is 1. The monoisotopic (exact) mass is 463 g/mol. The van der Waals surface area contributed by atoms with Gasteiger partial charge in [0.15, 0.2) is 5.13 Å². The Hall–Kier alpha value is -1.60. The van der Waals surface area contributed by atoms with Gasteiger partial charge in [-0.1, -0.05) is 31.3 Å². The molecule has 0 aliphatic carbocycles. The van der Waals surface area contributed by atoms with Gasteiger partial charge in [-0.25, -0.2) is 4.98 Å². The van der Waals surface area contributed by atoms with Gasteiger partial charge in [0.1, 0.15) is 0 Å². The standard InChI is InChI=1S/C23H29N3OS2.ClH/c1-6-25(7-2)12-13-26(22(27)18-8-10-19(28-5)11-9-18)23-24-20-15-16(3)14-17(4)21(20)29-23;/h8-11,14-15H,6-7,12-13H2,1-5H3;1H. The van der Waals surface area contributed by atoms with Crippen LogP contribution in [-0.2, 0) is 0 Å². The van der Waals surface area contributed by atoms with E-state index in [0.29, 0.717) is 12.1 Å². The quantitative estimate of drug-likeness (QED) is 0.381. The molecule has 4 nitrogen and oxygen atoms in total. The first-order valence-corrected chi connectivity index (χ1v) is 12.1. The summed E-state index contributed by atoms with van der Waals surface area (Å²) in [4.78, 5) is 23.6. The number of likely N-dealkylation sites (N-methyl/N-ethyl adjacent to an activating group) is 1. The minimum Gasteiger partial charge on any atom is -0.302 e. The van der Waals surface area contributed by atoms with E-state index in [1.54, 1.807) is 23.1 Å². The second-order valence-electron chi connectivity index (χ2n) is 7.14. The van der Waals surface area contributed by atoms with Crippen LogP contribution >= 0.6 is 35.5 Å². The molecule has 162 valence electrons. The predicted molar refractivity (Wildman–Crippen MR) is 134 cm³/mol. The van der Waals surface area contributed by atoms with Crippen molar-refractivity contribution in [3.63, 3.8) is 0 Å². The molecule has 0 aliphatic heterocycles. The zero-order chi connectivity index (χ0) is 21.0. The van der Waals surface area contributed by atoms with E-state index in [0.717, 1.165) is 39.9 Å². The molecule has 2 aromatic carbocycles. The number of aryl methyl sites for hydroxylation is 2. The van der Waals surface area contributed by atoms with Crippen LogP contribution in [0.3, 0.4) is 0 Å². The molecular formula is C23H30ClN3OS2. The fourth-order valence-corrected chi connectivity index (χ4v) is 4.88. The number of thiazole rings is 1. The number of aromatic nitrogens is 1. The first-order chi connectivity index (χ1) is 14.0. The van der Waals surface area contributed by atoms with Crippen LogP contribution in [-0.4, -0.2) is 48.2 Å². The van der Waals surface area contributed by atoms with Crippen LogP contribution in [0.2, 0.25) is 0 Å². The summed E-state index contributed by atoms with van der Waals surface area (Å²) in [5, 5.41) is 0.778. The molecule has 3 aromatic rings. The minimum atomic E-state index is 0. The molecule has 0 fully saturated rings. The second-order valence-corrected chi connectivity index (χ2v) is 9.00. The zero-order valence-corrected chi connectivity index (χ0v) is 20.7. The lowest BCUT2D eigenvalue weighted by Crippen LogP contribution is -2.38. The summed E-state index contributed by atoms with van der Waals surface area (Å²) in [6.45, 7) is 11.9. The first-order valence-electron chi connectivity index (χ1n) is 10.0. The van der Waals surface area contributed by atoms with Crippen LogP contribution in [0.1, 0.15) is 35.3 Å². The zero-order valence-electron chi connectivity index (χ0n) is 18.3. The van der Waals surface area contributed by atoms with Crippen LogP contribution in [0.15, 0.2) is 41.3 Å². The number of fused-ring (bicyclic) bond motifs is 1. The van der Waals surface area contributed by atoms with Gasteiger partial charge in [-0.3, -0.25) is 9.69 Å². The van der Waals surface area contributed by atoms with Crippen molar-refractivity contribution in [1.82, 2.24) is 9.88 Å². The number of nitrogens with zero attached hydrogens (tertiary/aromatic N) is 3. The fraction of sp³-hybridized carbons (Fsp3) is 0.391. The maximum absolute atomic E-state index is 13.4. The highest BCUT2D eigenvalue weighted by Gasteiger charge is 2.22. The largest absolute Gasteiger partial charge is 0.302 e. The van der Waals surface area contributed by atoms with Crippen LogP contribution in [0, 0.1) is 13.8 Å². The third-order valence-electron chi connectivity index (χ3n) is 5.16. The summed E-state index contributed by atoms with van der Waals surface area (Å²) in [6.07, 6.45) is 2.04. The van der Waals surface area contributed by atoms with Crippen molar-refractivity contribution >= 4 is 56.8 Å². The average molecular weight is 464 g/mol. The number of carbonyl (C=O) groups is 1. The normalized spacial score (nSPS) is 11.0. The lowest BCUT2D eigenvalue weighted by atomic mass is 10.1. The summed E-state index contributed by atoms with van der Waals surface area (Å²) in [5.41, 5.74) is 4.08. The summed E-state index contributed by atoms with van der Waals surface area (Å²) in [6, 6.07) is 12.1. The van der Waals surface area contributed by atoms with Gasteiger partial charge in [0, 0.05) is 23.5 Å². The van der Waals surface area contributed by atoms with E-state index in [2.05, 4.69) is 44.7 Å². The van der Waals surface area contributed by atoms with E-state index >= 15 is 0 Å². The third-order valence-corrected chi connectivity index (χ3v) is 7.13. The Morgan fingerprint density at radius 1 is 1.07 bits per heavy atom. The van der Waals surface area contributed by atoms with Crippen LogP contribution in [0.25, 0.3) is 10.2 Å². The van der Waals surface area contributed by atoms with Gasteiger partial charge in [-0.15, -0.1) is 24.2 Å². The molecule has 3 rings (SSSR count). The number of benzene rings is 2. The Morgan fingerprint density at radius 2 is 1.73 bits per heavy atom. The molecule has 7 heteroatoms. The van der Waals surface area contributed by atoms with Gasteiger partial charge >= 0.3 is 0 Å². The van der Waals surface area contributed by atoms with Crippen molar-refractivity contribution in [2.45, 2.75) is 32.6 Å². The van der Waals surface area contributed by atoms with Crippen molar-refractivity contribution < 1.29 is 4.79 Å². The van der Waals surface area contributed by atoms with E-state index in [1.807, 2.05) is 35.4 Å². The third kappa shape index (κ3) is 5.55. The average Bonchev–Trinajstić information content (AvgIpc) is 3.15.